The minimum Gasteiger partial charge on any atom is -0.267 e. The number of anilines is 1. The summed E-state index contributed by atoms with van der Waals surface area (Å²) in [6.07, 6.45) is 4.25. The first-order valence-electron chi connectivity index (χ1n) is 11.4. The van der Waals surface area contributed by atoms with Crippen LogP contribution in [-0.4, -0.2) is 42.4 Å². The molecule has 2 aromatic carbocycles. The van der Waals surface area contributed by atoms with Gasteiger partial charge in [-0.05, 0) is 73.7 Å². The zero-order valence-corrected chi connectivity index (χ0v) is 21.8. The van der Waals surface area contributed by atoms with Crippen molar-refractivity contribution in [3.8, 4) is 0 Å². The smallest absolute Gasteiger partial charge is 0.267 e. The van der Waals surface area contributed by atoms with Crippen LogP contribution < -0.4 is 5.01 Å². The second kappa shape index (κ2) is 10.2. The summed E-state index contributed by atoms with van der Waals surface area (Å²) in [5.74, 6) is -0.866. The van der Waals surface area contributed by atoms with Gasteiger partial charge in [-0.1, -0.05) is 23.8 Å². The normalized spacial score (nSPS) is 17.1. The van der Waals surface area contributed by atoms with E-state index in [1.807, 2.05) is 24.4 Å². The van der Waals surface area contributed by atoms with Crippen molar-refractivity contribution in [2.45, 2.75) is 37.1 Å². The van der Waals surface area contributed by atoms with Crippen molar-refractivity contribution >= 4 is 60.2 Å². The molecule has 0 radical (unpaired) electrons. The van der Waals surface area contributed by atoms with Crippen molar-refractivity contribution in [3.05, 3.63) is 76.2 Å². The molecule has 4 aromatic rings. The highest BCUT2D eigenvalue weighted by Crippen LogP contribution is 2.31. The number of hydrogen-bond donors (Lipinski definition) is 0. The van der Waals surface area contributed by atoms with Crippen LogP contribution in [0.25, 0.3) is 10.2 Å². The molecule has 1 aliphatic heterocycles. The molecule has 0 N–H and O–H groups in total. The van der Waals surface area contributed by atoms with E-state index in [1.54, 1.807) is 12.3 Å². The minimum atomic E-state index is -3.65. The number of carbonyl (C=O) groups excluding carboxylic acids is 1. The first-order chi connectivity index (χ1) is 17.3. The molecular formula is C25H23FN4O3S3. The van der Waals surface area contributed by atoms with E-state index in [2.05, 4.69) is 10.1 Å². The third-order valence-electron chi connectivity index (χ3n) is 6.01. The predicted octanol–water partition coefficient (Wildman–Crippen LogP) is 5.74. The van der Waals surface area contributed by atoms with Crippen molar-refractivity contribution in [2.75, 3.05) is 11.6 Å². The number of thiazole rings is 1. The maximum absolute atomic E-state index is 13.7. The number of fused-ring (bicyclic) bond motifs is 1. The summed E-state index contributed by atoms with van der Waals surface area (Å²) >= 11 is 2.61. The molecule has 0 aliphatic carbocycles. The maximum Gasteiger partial charge on any atom is 0.280 e. The number of thiophene rings is 1. The molecule has 1 fully saturated rings. The predicted molar refractivity (Wildman–Crippen MR) is 142 cm³/mol. The number of hydrogen-bond acceptors (Lipinski definition) is 7. The van der Waals surface area contributed by atoms with Crippen molar-refractivity contribution in [1.82, 2.24) is 9.29 Å². The first kappa shape index (κ1) is 24.7. The number of benzene rings is 2. The van der Waals surface area contributed by atoms with E-state index < -0.39 is 21.7 Å². The van der Waals surface area contributed by atoms with Gasteiger partial charge >= 0.3 is 0 Å². The zero-order chi connectivity index (χ0) is 25.3. The van der Waals surface area contributed by atoms with Crippen LogP contribution in [0.4, 0.5) is 9.52 Å². The van der Waals surface area contributed by atoms with Gasteiger partial charge in [-0.15, -0.1) is 11.3 Å². The Morgan fingerprint density at radius 3 is 2.72 bits per heavy atom. The van der Waals surface area contributed by atoms with E-state index in [4.69, 9.17) is 0 Å². The molecule has 1 aliphatic rings. The summed E-state index contributed by atoms with van der Waals surface area (Å²) < 4.78 is 42.2. The lowest BCUT2D eigenvalue weighted by atomic mass is 10.1. The zero-order valence-electron chi connectivity index (χ0n) is 19.4. The number of hydrazone groups is 1. The van der Waals surface area contributed by atoms with E-state index in [1.165, 1.54) is 57.0 Å². The quantitative estimate of drug-likeness (QED) is 0.230. The number of piperidine rings is 1. The second-order valence-electron chi connectivity index (χ2n) is 8.47. The molecule has 0 bridgehead atoms. The van der Waals surface area contributed by atoms with Gasteiger partial charge in [-0.2, -0.15) is 14.4 Å². The molecule has 1 amide bonds. The standard InChI is InChI=1S/C25H23FN4O3S3/c1-17-5-2-3-13-29(17)36(32,33)21-10-7-18(8-11-21)24(31)30(27-16-20-6-4-14-34-20)25-28-22-12-9-19(26)15-23(22)35-25/h4,6-12,14-17H,2-3,5,13H2,1H3/b27-16+. The fourth-order valence-corrected chi connectivity index (χ4v) is 7.33. The van der Waals surface area contributed by atoms with Crippen LogP contribution >= 0.6 is 22.7 Å². The average molecular weight is 543 g/mol. The van der Waals surface area contributed by atoms with Gasteiger partial charge in [-0.3, -0.25) is 4.79 Å². The number of rotatable bonds is 6. The summed E-state index contributed by atoms with van der Waals surface area (Å²) in [6, 6.07) is 13.8. The summed E-state index contributed by atoms with van der Waals surface area (Å²) in [6.45, 7) is 2.41. The lowest BCUT2D eigenvalue weighted by molar-refractivity contribution is 0.0987. The van der Waals surface area contributed by atoms with Gasteiger partial charge in [0.15, 0.2) is 0 Å². The van der Waals surface area contributed by atoms with Crippen LogP contribution in [0.2, 0.25) is 0 Å². The highest BCUT2D eigenvalue weighted by atomic mass is 32.2. The second-order valence-corrected chi connectivity index (χ2v) is 12.3. The lowest BCUT2D eigenvalue weighted by Gasteiger charge is -2.32. The van der Waals surface area contributed by atoms with E-state index in [0.29, 0.717) is 16.8 Å². The van der Waals surface area contributed by atoms with E-state index in [0.717, 1.165) is 35.5 Å². The topological polar surface area (TPSA) is 82.9 Å². The molecule has 5 rings (SSSR count). The maximum atomic E-state index is 13.7. The van der Waals surface area contributed by atoms with Crippen LogP contribution in [0.3, 0.4) is 0 Å². The minimum absolute atomic E-state index is 0.0592. The Bertz CT molecular complexity index is 1520. The van der Waals surface area contributed by atoms with Gasteiger partial charge < -0.3 is 0 Å². The third-order valence-corrected chi connectivity index (χ3v) is 9.83. The highest BCUT2D eigenvalue weighted by molar-refractivity contribution is 7.89. The Morgan fingerprint density at radius 1 is 1.19 bits per heavy atom. The molecule has 0 saturated carbocycles. The van der Waals surface area contributed by atoms with Crippen molar-refractivity contribution < 1.29 is 17.6 Å². The monoisotopic (exact) mass is 542 g/mol. The van der Waals surface area contributed by atoms with Gasteiger partial charge in [0.05, 0.1) is 21.3 Å². The Kier molecular flexibility index (Phi) is 6.98. The third kappa shape index (κ3) is 4.96. The van der Waals surface area contributed by atoms with Gasteiger partial charge in [0.1, 0.15) is 5.82 Å². The van der Waals surface area contributed by atoms with E-state index in [9.17, 15) is 17.6 Å². The molecule has 36 heavy (non-hydrogen) atoms. The molecule has 186 valence electrons. The Morgan fingerprint density at radius 2 is 2.00 bits per heavy atom. The SMILES string of the molecule is CC1CCCCN1S(=O)(=O)c1ccc(C(=O)N(/N=C/c2cccs2)c2nc3ccc(F)cc3s2)cc1. The van der Waals surface area contributed by atoms with E-state index in [-0.39, 0.29) is 21.6 Å². The number of carbonyl (C=O) groups is 1. The van der Waals surface area contributed by atoms with Crippen LogP contribution in [-0.2, 0) is 10.0 Å². The lowest BCUT2D eigenvalue weighted by Crippen LogP contribution is -2.41. The summed E-state index contributed by atoms with van der Waals surface area (Å²) in [5, 5.41) is 7.73. The molecule has 7 nitrogen and oxygen atoms in total. The summed E-state index contributed by atoms with van der Waals surface area (Å²) in [7, 11) is -3.65. The largest absolute Gasteiger partial charge is 0.280 e. The van der Waals surface area contributed by atoms with E-state index >= 15 is 0 Å². The van der Waals surface area contributed by atoms with Crippen molar-refractivity contribution in [3.63, 3.8) is 0 Å². The molecule has 1 unspecified atom stereocenters. The molecular weight excluding hydrogens is 519 g/mol. The number of halogens is 1. The van der Waals surface area contributed by atoms with Gasteiger partial charge in [0, 0.05) is 23.0 Å². The molecule has 11 heteroatoms. The van der Waals surface area contributed by atoms with Gasteiger partial charge in [0.2, 0.25) is 15.2 Å². The van der Waals surface area contributed by atoms with Crippen LogP contribution in [0.15, 0.2) is 70.0 Å². The number of amides is 1. The van der Waals surface area contributed by atoms with Gasteiger partial charge in [0.25, 0.3) is 5.91 Å². The van der Waals surface area contributed by atoms with Crippen LogP contribution in [0, 0.1) is 5.82 Å². The number of aromatic nitrogens is 1. The number of sulfonamides is 1. The van der Waals surface area contributed by atoms with Crippen LogP contribution in [0.5, 0.6) is 0 Å². The first-order valence-corrected chi connectivity index (χ1v) is 14.6. The molecule has 3 heterocycles. The molecule has 1 atom stereocenters. The average Bonchev–Trinajstić information content (AvgIpc) is 3.54. The molecule has 1 saturated heterocycles. The Hall–Kier alpha value is -2.99. The van der Waals surface area contributed by atoms with Crippen molar-refractivity contribution in [1.29, 1.82) is 0 Å². The van der Waals surface area contributed by atoms with Crippen molar-refractivity contribution in [2.24, 2.45) is 5.10 Å². The fourth-order valence-electron chi connectivity index (χ4n) is 4.10. The summed E-state index contributed by atoms with van der Waals surface area (Å²) in [5.41, 5.74) is 0.812. The van der Waals surface area contributed by atoms with Crippen LogP contribution in [0.1, 0.15) is 41.4 Å². The Balaban J connectivity index is 1.47. The Labute approximate surface area is 216 Å². The molecule has 0 spiro atoms. The number of nitrogens with zero attached hydrogens (tertiary/aromatic N) is 4. The fraction of sp³-hybridized carbons (Fsp3) is 0.240. The van der Waals surface area contributed by atoms with Gasteiger partial charge in [-0.25, -0.2) is 17.8 Å². The summed E-state index contributed by atoms with van der Waals surface area (Å²) in [4.78, 5) is 19.0. The highest BCUT2D eigenvalue weighted by Gasteiger charge is 2.31. The molecule has 2 aromatic heterocycles.